The molecule has 0 heterocycles. The monoisotopic (exact) mass is 287 g/mol. The minimum atomic E-state index is -1.14. The number of halogens is 1. The van der Waals surface area contributed by atoms with Crippen LogP contribution in [0.4, 0.5) is 10.1 Å². The Morgan fingerprint density at radius 1 is 1.05 bits per heavy atom. The number of nitrogens with zero attached hydrogens (tertiary/aromatic N) is 1. The van der Waals surface area contributed by atoms with Crippen LogP contribution in [0, 0.1) is 12.7 Å². The summed E-state index contributed by atoms with van der Waals surface area (Å²) in [5.41, 5.74) is 1.72. The van der Waals surface area contributed by atoms with Crippen molar-refractivity contribution in [2.24, 2.45) is 0 Å². The van der Waals surface area contributed by atoms with Crippen molar-refractivity contribution in [1.82, 2.24) is 0 Å². The fourth-order valence-electron chi connectivity index (χ4n) is 1.89. The van der Waals surface area contributed by atoms with Crippen LogP contribution in [0.15, 0.2) is 48.5 Å². The number of amides is 1. The van der Waals surface area contributed by atoms with Crippen molar-refractivity contribution in [2.75, 3.05) is 11.4 Å². The van der Waals surface area contributed by atoms with Crippen LogP contribution in [-0.4, -0.2) is 23.5 Å². The van der Waals surface area contributed by atoms with Crippen LogP contribution in [0.2, 0.25) is 0 Å². The fraction of sp³-hybridized carbons (Fsp3) is 0.125. The molecular weight excluding hydrogens is 273 g/mol. The van der Waals surface area contributed by atoms with E-state index in [1.165, 1.54) is 24.3 Å². The van der Waals surface area contributed by atoms with Gasteiger partial charge in [-0.3, -0.25) is 14.5 Å². The molecule has 5 heteroatoms. The highest BCUT2D eigenvalue weighted by molar-refractivity contribution is 6.08. The maximum Gasteiger partial charge on any atom is 0.323 e. The van der Waals surface area contributed by atoms with E-state index in [0.29, 0.717) is 11.3 Å². The van der Waals surface area contributed by atoms with Gasteiger partial charge in [0.2, 0.25) is 0 Å². The number of hydrogen-bond acceptors (Lipinski definition) is 2. The largest absolute Gasteiger partial charge is 0.480 e. The summed E-state index contributed by atoms with van der Waals surface area (Å²) in [4.78, 5) is 24.5. The smallest absolute Gasteiger partial charge is 0.323 e. The fourth-order valence-corrected chi connectivity index (χ4v) is 1.89. The Kier molecular flexibility index (Phi) is 4.33. The van der Waals surface area contributed by atoms with Gasteiger partial charge in [-0.1, -0.05) is 17.7 Å². The minimum absolute atomic E-state index is 0.337. The Morgan fingerprint density at radius 3 is 2.14 bits per heavy atom. The van der Waals surface area contributed by atoms with E-state index in [9.17, 15) is 14.0 Å². The number of carbonyl (C=O) groups excluding carboxylic acids is 1. The lowest BCUT2D eigenvalue weighted by molar-refractivity contribution is -0.135. The lowest BCUT2D eigenvalue weighted by atomic mass is 10.1. The average molecular weight is 287 g/mol. The zero-order valence-electron chi connectivity index (χ0n) is 11.4. The number of rotatable bonds is 4. The van der Waals surface area contributed by atoms with Crippen LogP contribution in [0.3, 0.4) is 0 Å². The summed E-state index contributed by atoms with van der Waals surface area (Å²) >= 11 is 0. The predicted molar refractivity (Wildman–Crippen MR) is 76.9 cm³/mol. The molecule has 0 aliphatic carbocycles. The van der Waals surface area contributed by atoms with Gasteiger partial charge >= 0.3 is 5.97 Å². The highest BCUT2D eigenvalue weighted by atomic mass is 19.1. The zero-order chi connectivity index (χ0) is 15.4. The van der Waals surface area contributed by atoms with Crippen LogP contribution >= 0.6 is 0 Å². The minimum Gasteiger partial charge on any atom is -0.480 e. The van der Waals surface area contributed by atoms with Gasteiger partial charge in [-0.15, -0.1) is 0 Å². The number of anilines is 1. The third-order valence-corrected chi connectivity index (χ3v) is 2.98. The van der Waals surface area contributed by atoms with Crippen LogP contribution in [0.1, 0.15) is 15.9 Å². The standard InChI is InChI=1S/C16H14FNO3/c1-11-2-4-12(5-3-11)16(21)18(10-15(19)20)14-8-6-13(17)7-9-14/h2-9H,10H2,1H3,(H,19,20). The molecular formula is C16H14FNO3. The lowest BCUT2D eigenvalue weighted by Crippen LogP contribution is -2.35. The zero-order valence-corrected chi connectivity index (χ0v) is 11.4. The molecule has 0 aliphatic heterocycles. The van der Waals surface area contributed by atoms with E-state index in [1.54, 1.807) is 24.3 Å². The second-order valence-electron chi connectivity index (χ2n) is 4.63. The molecule has 2 rings (SSSR count). The van der Waals surface area contributed by atoms with E-state index in [2.05, 4.69) is 0 Å². The maximum atomic E-state index is 13.0. The number of aryl methyl sites for hydroxylation is 1. The summed E-state index contributed by atoms with van der Waals surface area (Å²) in [7, 11) is 0. The molecule has 0 bridgehead atoms. The first-order valence-corrected chi connectivity index (χ1v) is 6.33. The SMILES string of the molecule is Cc1ccc(C(=O)N(CC(=O)O)c2ccc(F)cc2)cc1. The van der Waals surface area contributed by atoms with Crippen LogP contribution in [0.5, 0.6) is 0 Å². The van der Waals surface area contributed by atoms with Crippen molar-refractivity contribution in [2.45, 2.75) is 6.92 Å². The highest BCUT2D eigenvalue weighted by Crippen LogP contribution is 2.18. The molecule has 0 fully saturated rings. The topological polar surface area (TPSA) is 57.6 Å². The van der Waals surface area contributed by atoms with E-state index in [0.717, 1.165) is 10.5 Å². The molecule has 0 spiro atoms. The van der Waals surface area contributed by atoms with Crippen LogP contribution in [-0.2, 0) is 4.79 Å². The summed E-state index contributed by atoms with van der Waals surface area (Å²) in [5, 5.41) is 8.97. The number of carboxylic acids is 1. The van der Waals surface area contributed by atoms with Crippen LogP contribution < -0.4 is 4.90 Å². The predicted octanol–water partition coefficient (Wildman–Crippen LogP) is 2.87. The van der Waals surface area contributed by atoms with Gasteiger partial charge in [0, 0.05) is 11.3 Å². The number of hydrogen-bond donors (Lipinski definition) is 1. The molecule has 0 aromatic heterocycles. The van der Waals surface area contributed by atoms with E-state index in [-0.39, 0.29) is 0 Å². The molecule has 4 nitrogen and oxygen atoms in total. The quantitative estimate of drug-likeness (QED) is 0.940. The number of benzene rings is 2. The first-order chi connectivity index (χ1) is 9.97. The van der Waals surface area contributed by atoms with Gasteiger partial charge in [-0.05, 0) is 43.3 Å². The van der Waals surface area contributed by atoms with Crippen molar-refractivity contribution in [3.05, 3.63) is 65.5 Å². The maximum absolute atomic E-state index is 13.0. The molecule has 0 saturated heterocycles. The van der Waals surface area contributed by atoms with Gasteiger partial charge in [-0.2, -0.15) is 0 Å². The Bertz CT molecular complexity index is 650. The number of carboxylic acid groups (broad SMARTS) is 1. The van der Waals surface area contributed by atoms with Crippen molar-refractivity contribution in [3.63, 3.8) is 0 Å². The number of aliphatic carboxylic acids is 1. The van der Waals surface area contributed by atoms with Gasteiger partial charge < -0.3 is 5.11 Å². The summed E-state index contributed by atoms with van der Waals surface area (Å²) in [6.45, 7) is 1.40. The molecule has 1 N–H and O–H groups in total. The van der Waals surface area contributed by atoms with Crippen LogP contribution in [0.25, 0.3) is 0 Å². The Balaban J connectivity index is 2.35. The molecule has 1 amide bonds. The third kappa shape index (κ3) is 3.66. The Hall–Kier alpha value is -2.69. The molecule has 108 valence electrons. The van der Waals surface area contributed by atoms with Crippen molar-refractivity contribution < 1.29 is 19.1 Å². The van der Waals surface area contributed by atoms with Crippen molar-refractivity contribution in [1.29, 1.82) is 0 Å². The first kappa shape index (κ1) is 14.7. The third-order valence-electron chi connectivity index (χ3n) is 2.98. The number of carbonyl (C=O) groups is 2. The van der Waals surface area contributed by atoms with E-state index < -0.39 is 24.2 Å². The molecule has 0 unspecified atom stereocenters. The van der Waals surface area contributed by atoms with E-state index in [1.807, 2.05) is 6.92 Å². The molecule has 0 saturated carbocycles. The van der Waals surface area contributed by atoms with Crippen molar-refractivity contribution >= 4 is 17.6 Å². The second-order valence-corrected chi connectivity index (χ2v) is 4.63. The second kappa shape index (κ2) is 6.17. The molecule has 21 heavy (non-hydrogen) atoms. The van der Waals surface area contributed by atoms with Gasteiger partial charge in [-0.25, -0.2) is 4.39 Å². The molecule has 2 aromatic carbocycles. The highest BCUT2D eigenvalue weighted by Gasteiger charge is 2.20. The Labute approximate surface area is 121 Å². The summed E-state index contributed by atoms with van der Waals surface area (Å²) < 4.78 is 13.0. The van der Waals surface area contributed by atoms with Gasteiger partial charge in [0.1, 0.15) is 12.4 Å². The normalized spacial score (nSPS) is 10.2. The molecule has 0 radical (unpaired) electrons. The van der Waals surface area contributed by atoms with Gasteiger partial charge in [0.25, 0.3) is 5.91 Å². The molecule has 0 aliphatic rings. The summed E-state index contributed by atoms with van der Waals surface area (Å²) in [5.74, 6) is -2.03. The van der Waals surface area contributed by atoms with E-state index >= 15 is 0 Å². The van der Waals surface area contributed by atoms with Crippen molar-refractivity contribution in [3.8, 4) is 0 Å². The lowest BCUT2D eigenvalue weighted by Gasteiger charge is -2.21. The first-order valence-electron chi connectivity index (χ1n) is 6.33. The van der Waals surface area contributed by atoms with Gasteiger partial charge in [0.15, 0.2) is 0 Å². The summed E-state index contributed by atoms with van der Waals surface area (Å²) in [6, 6.07) is 12.0. The molecule has 2 aromatic rings. The molecule has 0 atom stereocenters. The Morgan fingerprint density at radius 2 is 1.62 bits per heavy atom. The average Bonchev–Trinajstić information content (AvgIpc) is 2.46. The van der Waals surface area contributed by atoms with E-state index in [4.69, 9.17) is 5.11 Å². The van der Waals surface area contributed by atoms with Gasteiger partial charge in [0.05, 0.1) is 0 Å². The summed E-state index contributed by atoms with van der Waals surface area (Å²) in [6.07, 6.45) is 0.